The second-order valence-electron chi connectivity index (χ2n) is 5.50. The first-order valence-corrected chi connectivity index (χ1v) is 9.62. The SMILES string of the molecule is CCOc1cc(/C=C2\SC(=O)NC2=O)cc(Cl)c1OCc1ccccc1Cl. The molecule has 0 aliphatic carbocycles. The van der Waals surface area contributed by atoms with Crippen LogP contribution in [-0.4, -0.2) is 17.8 Å². The van der Waals surface area contributed by atoms with Crippen molar-refractivity contribution in [3.05, 3.63) is 62.5 Å². The molecule has 3 rings (SSSR count). The van der Waals surface area contributed by atoms with E-state index in [1.54, 1.807) is 24.3 Å². The van der Waals surface area contributed by atoms with Gasteiger partial charge in [0.25, 0.3) is 11.1 Å². The molecule has 0 spiro atoms. The van der Waals surface area contributed by atoms with Crippen LogP contribution in [0, 0.1) is 0 Å². The molecule has 2 aromatic carbocycles. The molecule has 1 aliphatic rings. The van der Waals surface area contributed by atoms with Crippen LogP contribution < -0.4 is 14.8 Å². The number of benzene rings is 2. The second kappa shape index (κ2) is 8.69. The van der Waals surface area contributed by atoms with Gasteiger partial charge in [0.2, 0.25) is 0 Å². The van der Waals surface area contributed by atoms with Crippen molar-refractivity contribution in [2.24, 2.45) is 0 Å². The van der Waals surface area contributed by atoms with Crippen LogP contribution in [-0.2, 0) is 11.4 Å². The molecule has 0 radical (unpaired) electrons. The Balaban J connectivity index is 1.88. The van der Waals surface area contributed by atoms with Gasteiger partial charge in [0.05, 0.1) is 16.5 Å². The fourth-order valence-corrected chi connectivity index (χ4v) is 3.56. The molecule has 140 valence electrons. The summed E-state index contributed by atoms with van der Waals surface area (Å²) < 4.78 is 11.5. The minimum atomic E-state index is -0.432. The Morgan fingerprint density at radius 3 is 2.56 bits per heavy atom. The number of halogens is 2. The number of carbonyl (C=O) groups excluding carboxylic acids is 2. The molecule has 1 aliphatic heterocycles. The van der Waals surface area contributed by atoms with E-state index in [0.717, 1.165) is 17.3 Å². The number of nitrogens with one attached hydrogen (secondary N) is 1. The van der Waals surface area contributed by atoms with Crippen molar-refractivity contribution in [3.63, 3.8) is 0 Å². The monoisotopic (exact) mass is 423 g/mol. The van der Waals surface area contributed by atoms with Crippen LogP contribution in [0.25, 0.3) is 6.08 Å². The summed E-state index contributed by atoms with van der Waals surface area (Å²) in [5.41, 5.74) is 1.45. The van der Waals surface area contributed by atoms with E-state index in [-0.39, 0.29) is 6.61 Å². The van der Waals surface area contributed by atoms with Crippen LogP contribution >= 0.6 is 35.0 Å². The molecule has 5 nitrogen and oxygen atoms in total. The summed E-state index contributed by atoms with van der Waals surface area (Å²) in [6.07, 6.45) is 1.58. The van der Waals surface area contributed by atoms with Gasteiger partial charge in [-0.25, -0.2) is 0 Å². The minimum absolute atomic E-state index is 0.229. The molecule has 1 fully saturated rings. The van der Waals surface area contributed by atoms with Gasteiger partial charge in [-0.3, -0.25) is 14.9 Å². The lowest BCUT2D eigenvalue weighted by atomic mass is 10.1. The predicted octanol–water partition coefficient (Wildman–Crippen LogP) is 5.30. The van der Waals surface area contributed by atoms with E-state index in [1.165, 1.54) is 0 Å². The van der Waals surface area contributed by atoms with Crippen LogP contribution in [0.3, 0.4) is 0 Å². The van der Waals surface area contributed by atoms with Crippen LogP contribution in [0.5, 0.6) is 11.5 Å². The highest BCUT2D eigenvalue weighted by Crippen LogP contribution is 2.39. The molecule has 0 saturated carbocycles. The largest absolute Gasteiger partial charge is 0.490 e. The maximum Gasteiger partial charge on any atom is 0.290 e. The Labute approximate surface area is 170 Å². The van der Waals surface area contributed by atoms with Crippen LogP contribution in [0.1, 0.15) is 18.1 Å². The van der Waals surface area contributed by atoms with Gasteiger partial charge < -0.3 is 9.47 Å². The molecule has 8 heteroatoms. The average molecular weight is 424 g/mol. The summed E-state index contributed by atoms with van der Waals surface area (Å²) in [7, 11) is 0. The Hall–Kier alpha value is -2.15. The van der Waals surface area contributed by atoms with Gasteiger partial charge in [-0.05, 0) is 48.5 Å². The highest BCUT2D eigenvalue weighted by Gasteiger charge is 2.25. The Kier molecular flexibility index (Phi) is 6.31. The number of carbonyl (C=O) groups is 2. The first-order chi connectivity index (χ1) is 13.0. The van der Waals surface area contributed by atoms with E-state index in [4.69, 9.17) is 32.7 Å². The number of hydrogen-bond acceptors (Lipinski definition) is 5. The third-order valence-electron chi connectivity index (χ3n) is 3.60. The Morgan fingerprint density at radius 1 is 1.11 bits per heavy atom. The van der Waals surface area contributed by atoms with E-state index in [1.807, 2.05) is 25.1 Å². The summed E-state index contributed by atoms with van der Waals surface area (Å²) in [5.74, 6) is 0.400. The third kappa shape index (κ3) is 4.77. The zero-order valence-electron chi connectivity index (χ0n) is 14.3. The number of thioether (sulfide) groups is 1. The summed E-state index contributed by atoms with van der Waals surface area (Å²) in [4.78, 5) is 23.3. The van der Waals surface area contributed by atoms with Gasteiger partial charge in [0.1, 0.15) is 6.61 Å². The second-order valence-corrected chi connectivity index (χ2v) is 7.32. The van der Waals surface area contributed by atoms with Gasteiger partial charge in [-0.1, -0.05) is 41.4 Å². The number of imide groups is 1. The molecule has 2 aromatic rings. The molecule has 1 N–H and O–H groups in total. The maximum atomic E-state index is 11.7. The van der Waals surface area contributed by atoms with E-state index >= 15 is 0 Å². The van der Waals surface area contributed by atoms with Gasteiger partial charge in [0, 0.05) is 10.6 Å². The highest BCUT2D eigenvalue weighted by atomic mass is 35.5. The van der Waals surface area contributed by atoms with Gasteiger partial charge in [-0.2, -0.15) is 0 Å². The lowest BCUT2D eigenvalue weighted by Crippen LogP contribution is -2.17. The van der Waals surface area contributed by atoms with Crippen LogP contribution in [0.4, 0.5) is 4.79 Å². The molecular weight excluding hydrogens is 409 g/mol. The van der Waals surface area contributed by atoms with E-state index in [0.29, 0.717) is 38.6 Å². The van der Waals surface area contributed by atoms with Gasteiger partial charge >= 0.3 is 0 Å². The predicted molar refractivity (Wildman–Crippen MR) is 108 cm³/mol. The van der Waals surface area contributed by atoms with Crippen molar-refractivity contribution in [1.82, 2.24) is 5.32 Å². The zero-order valence-corrected chi connectivity index (χ0v) is 16.6. The molecule has 1 saturated heterocycles. The van der Waals surface area contributed by atoms with E-state index < -0.39 is 11.1 Å². The van der Waals surface area contributed by atoms with Crippen molar-refractivity contribution < 1.29 is 19.1 Å². The summed E-state index contributed by atoms with van der Waals surface area (Å²) in [5, 5.41) is 2.74. The lowest BCUT2D eigenvalue weighted by Gasteiger charge is -2.15. The third-order valence-corrected chi connectivity index (χ3v) is 5.06. The van der Waals surface area contributed by atoms with Crippen molar-refractivity contribution in [2.75, 3.05) is 6.61 Å². The number of rotatable bonds is 6. The normalized spacial score (nSPS) is 15.1. The molecular formula is C19H15Cl2NO4S. The first-order valence-electron chi connectivity index (χ1n) is 8.05. The van der Waals surface area contributed by atoms with Gasteiger partial charge in [0.15, 0.2) is 11.5 Å². The van der Waals surface area contributed by atoms with Crippen molar-refractivity contribution >= 4 is 52.2 Å². The summed E-state index contributed by atoms with van der Waals surface area (Å²) in [6, 6.07) is 10.7. The number of ether oxygens (including phenoxy) is 2. The first kappa shape index (κ1) is 19.6. The van der Waals surface area contributed by atoms with Crippen molar-refractivity contribution in [3.8, 4) is 11.5 Å². The highest BCUT2D eigenvalue weighted by molar-refractivity contribution is 8.18. The maximum absolute atomic E-state index is 11.7. The van der Waals surface area contributed by atoms with Crippen molar-refractivity contribution in [2.45, 2.75) is 13.5 Å². The quantitative estimate of drug-likeness (QED) is 0.638. The Morgan fingerprint density at radius 2 is 1.89 bits per heavy atom. The molecule has 2 amide bonds. The van der Waals surface area contributed by atoms with E-state index in [9.17, 15) is 9.59 Å². The number of amides is 2. The lowest BCUT2D eigenvalue weighted by molar-refractivity contribution is -0.115. The average Bonchev–Trinajstić information content (AvgIpc) is 2.93. The van der Waals surface area contributed by atoms with Gasteiger partial charge in [-0.15, -0.1) is 0 Å². The van der Waals surface area contributed by atoms with Crippen LogP contribution in [0.2, 0.25) is 10.0 Å². The smallest absolute Gasteiger partial charge is 0.290 e. The molecule has 1 heterocycles. The molecule has 27 heavy (non-hydrogen) atoms. The molecule has 0 unspecified atom stereocenters. The minimum Gasteiger partial charge on any atom is -0.490 e. The van der Waals surface area contributed by atoms with Crippen molar-refractivity contribution in [1.29, 1.82) is 0 Å². The van der Waals surface area contributed by atoms with Crippen LogP contribution in [0.15, 0.2) is 41.3 Å². The standard InChI is InChI=1S/C19H15Cl2NO4S/c1-2-25-15-8-11(9-16-18(23)22-19(24)27-16)7-14(21)17(15)26-10-12-5-3-4-6-13(12)20/h3-9H,2,10H2,1H3,(H,22,23,24)/b16-9-. The summed E-state index contributed by atoms with van der Waals surface area (Å²) >= 11 is 13.4. The number of hydrogen-bond donors (Lipinski definition) is 1. The fraction of sp³-hybridized carbons (Fsp3) is 0.158. The zero-order chi connectivity index (χ0) is 19.4. The van der Waals surface area contributed by atoms with E-state index in [2.05, 4.69) is 5.32 Å². The molecule has 0 atom stereocenters. The Bertz CT molecular complexity index is 930. The fourth-order valence-electron chi connectivity index (χ4n) is 2.41. The topological polar surface area (TPSA) is 64.6 Å². The molecule has 0 bridgehead atoms. The summed E-state index contributed by atoms with van der Waals surface area (Å²) in [6.45, 7) is 2.48. The molecule has 0 aromatic heterocycles.